The molecular formula is C48H46N8O5S2. The molecule has 3 aromatic heterocycles. The zero-order chi connectivity index (χ0) is 44.7. The number of hydrogen-bond acceptors (Lipinski definition) is 10. The third-order valence-corrected chi connectivity index (χ3v) is 14.3. The molecule has 0 saturated carbocycles. The van der Waals surface area contributed by atoms with Crippen molar-refractivity contribution in [1.82, 2.24) is 25.1 Å². The topological polar surface area (TPSA) is 184 Å². The van der Waals surface area contributed by atoms with E-state index in [0.717, 1.165) is 61.0 Å². The van der Waals surface area contributed by atoms with Gasteiger partial charge in [0.1, 0.15) is 22.9 Å². The number of hydrogen-bond donors (Lipinski definition) is 3. The Bertz CT molecular complexity index is 3120. The molecule has 1 amide bonds. The highest BCUT2D eigenvalue weighted by molar-refractivity contribution is 7.92. The Balaban J connectivity index is 0.975. The number of rotatable bonds is 12. The van der Waals surface area contributed by atoms with Crippen LogP contribution in [-0.4, -0.2) is 52.9 Å². The van der Waals surface area contributed by atoms with E-state index in [1.165, 1.54) is 24.1 Å². The summed E-state index contributed by atoms with van der Waals surface area (Å²) in [6.45, 7) is 11.9. The van der Waals surface area contributed by atoms with E-state index in [0.29, 0.717) is 46.4 Å². The normalized spacial score (nSPS) is 13.9. The van der Waals surface area contributed by atoms with Crippen molar-refractivity contribution in [2.24, 2.45) is 4.99 Å². The first-order chi connectivity index (χ1) is 30.2. The number of aliphatic imine (C=N–C) groups is 1. The molecule has 63 heavy (non-hydrogen) atoms. The summed E-state index contributed by atoms with van der Waals surface area (Å²) in [5, 5.41) is 23.3. The number of methoxy groups -OCH3 is 1. The lowest BCUT2D eigenvalue weighted by Gasteiger charge is -2.17. The fourth-order valence-electron chi connectivity index (χ4n) is 8.14. The Kier molecular flexibility index (Phi) is 11.6. The SMILES string of the molecule is CCc1ccc(NS(=O)(=O)c2ccc([C@@H](C)NC(=O)c3ccc(-c4ccc(C5=N[C@@H](CCC(=O)OC)c6nnc(C)n6-c6sc(C)c(C)c65)cc4)cc3C)cc2)c2[nH]cc(C#N)c12. The van der Waals surface area contributed by atoms with Crippen LogP contribution in [0.3, 0.4) is 0 Å². The van der Waals surface area contributed by atoms with Gasteiger partial charge < -0.3 is 15.0 Å². The maximum absolute atomic E-state index is 13.6. The lowest BCUT2D eigenvalue weighted by molar-refractivity contribution is -0.140. The summed E-state index contributed by atoms with van der Waals surface area (Å²) >= 11 is 1.68. The second kappa shape index (κ2) is 17.1. The monoisotopic (exact) mass is 878 g/mol. The van der Waals surface area contributed by atoms with Crippen LogP contribution in [-0.2, 0) is 26.0 Å². The van der Waals surface area contributed by atoms with Crippen LogP contribution in [0.2, 0.25) is 0 Å². The van der Waals surface area contributed by atoms with Crippen molar-refractivity contribution in [3.8, 4) is 22.2 Å². The molecule has 4 heterocycles. The van der Waals surface area contributed by atoms with Gasteiger partial charge in [0, 0.05) is 39.6 Å². The Morgan fingerprint density at radius 3 is 2.37 bits per heavy atom. The summed E-state index contributed by atoms with van der Waals surface area (Å²) < 4.78 is 36.6. The standard InChI is InChI=1S/C48H46N8O5S2/c1-8-31-16-20-39(45-43(31)36(24-49)25-50-45)55-63(59,60)37-17-13-32(14-18-37)28(4)51-47(58)38-19-15-35(23-26(38)2)33-9-11-34(12-10-33)44-42-27(3)29(5)62-48(42)56-30(6)53-54-46(56)40(52-44)21-22-41(57)61-7/h9-20,23,25,28,40,50,55H,8,21-22H2,1-7H3,(H,51,58)/t28-,40+/m1/s1. The second-order valence-corrected chi connectivity index (χ2v) is 18.6. The number of nitriles is 1. The molecule has 0 saturated heterocycles. The lowest BCUT2D eigenvalue weighted by Crippen LogP contribution is -2.27. The average Bonchev–Trinajstić information content (AvgIpc) is 3.95. The number of carbonyl (C=O) groups excluding carboxylic acids is 2. The predicted molar refractivity (Wildman–Crippen MR) is 245 cm³/mol. The van der Waals surface area contributed by atoms with E-state index in [2.05, 4.69) is 74.0 Å². The molecule has 0 unspecified atom stereocenters. The Morgan fingerprint density at radius 1 is 0.968 bits per heavy atom. The number of benzene rings is 4. The Morgan fingerprint density at radius 2 is 1.68 bits per heavy atom. The summed E-state index contributed by atoms with van der Waals surface area (Å²) in [5.74, 6) is 0.893. The molecule has 0 radical (unpaired) electrons. The zero-order valence-electron chi connectivity index (χ0n) is 36.0. The molecule has 0 bridgehead atoms. The number of esters is 1. The molecule has 1 aliphatic rings. The third-order valence-electron chi connectivity index (χ3n) is 11.8. The van der Waals surface area contributed by atoms with E-state index in [-0.39, 0.29) is 23.2 Å². The summed E-state index contributed by atoms with van der Waals surface area (Å²) in [5.41, 5.74) is 10.2. The molecule has 320 valence electrons. The number of nitrogens with zero attached hydrogens (tertiary/aromatic N) is 5. The van der Waals surface area contributed by atoms with Crippen LogP contribution in [0.5, 0.6) is 0 Å². The number of aromatic nitrogens is 4. The highest BCUT2D eigenvalue weighted by atomic mass is 32.2. The molecule has 8 rings (SSSR count). The number of nitrogens with one attached hydrogen (secondary N) is 3. The lowest BCUT2D eigenvalue weighted by atomic mass is 9.95. The number of carbonyl (C=O) groups is 2. The number of thiophene rings is 1. The minimum atomic E-state index is -3.97. The van der Waals surface area contributed by atoms with Crippen LogP contribution in [0.15, 0.2) is 94.9 Å². The number of sulfonamides is 1. The zero-order valence-corrected chi connectivity index (χ0v) is 37.6. The number of amides is 1. The minimum Gasteiger partial charge on any atom is -0.469 e. The van der Waals surface area contributed by atoms with Crippen LogP contribution < -0.4 is 10.0 Å². The minimum absolute atomic E-state index is 0.0628. The quantitative estimate of drug-likeness (QED) is 0.101. The van der Waals surface area contributed by atoms with Crippen LogP contribution >= 0.6 is 11.3 Å². The van der Waals surface area contributed by atoms with Crippen molar-refractivity contribution < 1.29 is 22.7 Å². The molecule has 0 fully saturated rings. The van der Waals surface area contributed by atoms with Gasteiger partial charge in [0.25, 0.3) is 15.9 Å². The van der Waals surface area contributed by atoms with Crippen LogP contribution in [0, 0.1) is 39.0 Å². The molecule has 7 aromatic rings. The maximum atomic E-state index is 13.6. The van der Waals surface area contributed by atoms with Crippen LogP contribution in [0.4, 0.5) is 5.69 Å². The van der Waals surface area contributed by atoms with E-state index in [4.69, 9.17) is 9.73 Å². The molecule has 13 nitrogen and oxygen atoms in total. The van der Waals surface area contributed by atoms with Crippen LogP contribution in [0.1, 0.15) is 105 Å². The molecule has 4 aromatic carbocycles. The maximum Gasteiger partial charge on any atom is 0.305 e. The molecule has 3 N–H and O–H groups in total. The number of aromatic amines is 1. The molecule has 1 aliphatic heterocycles. The number of H-pyrrole nitrogens is 1. The van der Waals surface area contributed by atoms with Gasteiger partial charge in [-0.3, -0.25) is 23.9 Å². The summed E-state index contributed by atoms with van der Waals surface area (Å²) in [7, 11) is -2.58. The van der Waals surface area contributed by atoms with Crippen molar-refractivity contribution in [1.29, 1.82) is 5.26 Å². The first-order valence-corrected chi connectivity index (χ1v) is 22.9. The van der Waals surface area contributed by atoms with E-state index < -0.39 is 22.1 Å². The van der Waals surface area contributed by atoms with Crippen molar-refractivity contribution in [3.05, 3.63) is 146 Å². The van der Waals surface area contributed by atoms with Crippen molar-refractivity contribution in [3.63, 3.8) is 0 Å². The fourth-order valence-corrected chi connectivity index (χ4v) is 10.4. The Hall–Kier alpha value is -6.89. The first-order valence-electron chi connectivity index (χ1n) is 20.6. The largest absolute Gasteiger partial charge is 0.469 e. The van der Waals surface area contributed by atoms with Crippen molar-refractivity contribution in [2.45, 2.75) is 77.8 Å². The van der Waals surface area contributed by atoms with Gasteiger partial charge in [-0.25, -0.2) is 8.42 Å². The van der Waals surface area contributed by atoms with Gasteiger partial charge in [0.05, 0.1) is 40.5 Å². The Labute approximate surface area is 369 Å². The van der Waals surface area contributed by atoms with E-state index in [9.17, 15) is 23.3 Å². The number of anilines is 1. The van der Waals surface area contributed by atoms with Crippen molar-refractivity contribution in [2.75, 3.05) is 11.8 Å². The van der Waals surface area contributed by atoms with Gasteiger partial charge in [-0.15, -0.1) is 21.5 Å². The second-order valence-electron chi connectivity index (χ2n) is 15.7. The third kappa shape index (κ3) is 8.03. The number of ether oxygens (including phenoxy) is 1. The van der Waals surface area contributed by atoms with Gasteiger partial charge >= 0.3 is 5.97 Å². The summed E-state index contributed by atoms with van der Waals surface area (Å²) in [6, 6.07) is 25.2. The molecule has 2 atom stereocenters. The smallest absolute Gasteiger partial charge is 0.305 e. The first kappa shape index (κ1) is 42.8. The van der Waals surface area contributed by atoms with Gasteiger partial charge in [-0.1, -0.05) is 61.5 Å². The highest BCUT2D eigenvalue weighted by Gasteiger charge is 2.32. The highest BCUT2D eigenvalue weighted by Crippen LogP contribution is 2.40. The average molecular weight is 879 g/mol. The van der Waals surface area contributed by atoms with Gasteiger partial charge in [0.2, 0.25) is 0 Å². The summed E-state index contributed by atoms with van der Waals surface area (Å²) in [4.78, 5) is 35.4. The molecular weight excluding hydrogens is 833 g/mol. The van der Waals surface area contributed by atoms with Gasteiger partial charge in [-0.2, -0.15) is 5.26 Å². The number of aryl methyl sites for hydroxylation is 4. The van der Waals surface area contributed by atoms with Gasteiger partial charge in [0.15, 0.2) is 5.82 Å². The summed E-state index contributed by atoms with van der Waals surface area (Å²) in [6.07, 6.45) is 2.89. The molecule has 0 aliphatic carbocycles. The fraction of sp³-hybridized carbons (Fsp3) is 0.250. The predicted octanol–water partition coefficient (Wildman–Crippen LogP) is 9.28. The van der Waals surface area contributed by atoms with Crippen LogP contribution in [0.25, 0.3) is 27.0 Å². The van der Waals surface area contributed by atoms with Gasteiger partial charge in [-0.05, 0) is 105 Å². The molecule has 15 heteroatoms. The molecule has 0 spiro atoms. The van der Waals surface area contributed by atoms with E-state index >= 15 is 0 Å². The van der Waals surface area contributed by atoms with E-state index in [1.54, 1.807) is 35.7 Å². The van der Waals surface area contributed by atoms with Crippen molar-refractivity contribution >= 4 is 55.5 Å². The number of fused-ring (bicyclic) bond motifs is 4. The van der Waals surface area contributed by atoms with E-state index in [1.807, 2.05) is 52.0 Å².